The van der Waals surface area contributed by atoms with Crippen molar-refractivity contribution in [3.8, 4) is 0 Å². The number of nitrogens with zero attached hydrogens (tertiary/aromatic N) is 4. The van der Waals surface area contributed by atoms with Crippen molar-refractivity contribution in [2.45, 2.75) is 12.5 Å². The summed E-state index contributed by atoms with van der Waals surface area (Å²) in [5.74, 6) is -0.293. The van der Waals surface area contributed by atoms with Crippen LogP contribution < -0.4 is 0 Å². The van der Waals surface area contributed by atoms with Crippen LogP contribution in [-0.2, 0) is 9.53 Å². The van der Waals surface area contributed by atoms with Crippen LogP contribution in [0.15, 0.2) is 42.9 Å². The Kier molecular flexibility index (Phi) is 5.53. The maximum Gasteiger partial charge on any atom is 0.272 e. The molecule has 7 nitrogen and oxygen atoms in total. The van der Waals surface area contributed by atoms with E-state index in [4.69, 9.17) is 4.74 Å². The van der Waals surface area contributed by atoms with Gasteiger partial charge < -0.3 is 14.5 Å². The minimum absolute atomic E-state index is 0.0100. The van der Waals surface area contributed by atoms with Crippen molar-refractivity contribution in [3.05, 3.63) is 59.9 Å². The first-order chi connectivity index (χ1) is 14.1. The summed E-state index contributed by atoms with van der Waals surface area (Å²) in [6.07, 6.45) is 3.18. The topological polar surface area (TPSA) is 75.6 Å². The van der Waals surface area contributed by atoms with Crippen LogP contribution in [0.4, 0.5) is 4.39 Å². The monoisotopic (exact) mass is 398 g/mol. The van der Waals surface area contributed by atoms with E-state index in [9.17, 15) is 14.0 Å². The number of ether oxygens (including phenoxy) is 1. The van der Waals surface area contributed by atoms with Gasteiger partial charge in [-0.15, -0.1) is 0 Å². The Morgan fingerprint density at radius 1 is 1.24 bits per heavy atom. The summed E-state index contributed by atoms with van der Waals surface area (Å²) >= 11 is 0. The predicted molar refractivity (Wildman–Crippen MR) is 102 cm³/mol. The number of methoxy groups -OCH3 is 1. The van der Waals surface area contributed by atoms with E-state index < -0.39 is 0 Å². The average molecular weight is 398 g/mol. The van der Waals surface area contributed by atoms with Crippen molar-refractivity contribution < 1.29 is 18.7 Å². The molecule has 4 rings (SSSR count). The summed E-state index contributed by atoms with van der Waals surface area (Å²) in [5, 5.41) is 0. The summed E-state index contributed by atoms with van der Waals surface area (Å²) < 4.78 is 19.0. The normalized spacial score (nSPS) is 23.3. The molecular weight excluding hydrogens is 375 g/mol. The molecule has 0 aliphatic carbocycles. The number of likely N-dealkylation sites (tertiary alicyclic amines) is 2. The highest BCUT2D eigenvalue weighted by Gasteiger charge is 2.50. The van der Waals surface area contributed by atoms with Crippen LogP contribution in [-0.4, -0.2) is 64.9 Å². The summed E-state index contributed by atoms with van der Waals surface area (Å²) in [6.45, 7) is 1.94. The van der Waals surface area contributed by atoms with Gasteiger partial charge in [0, 0.05) is 44.8 Å². The predicted octanol–water partition coefficient (Wildman–Crippen LogP) is 1.92. The fourth-order valence-corrected chi connectivity index (χ4v) is 4.50. The van der Waals surface area contributed by atoms with Crippen LogP contribution >= 0.6 is 0 Å². The number of hydrogen-bond donors (Lipinski definition) is 0. The number of amides is 2. The number of carbonyl (C=O) groups is 2. The van der Waals surface area contributed by atoms with Crippen molar-refractivity contribution >= 4 is 11.8 Å². The number of benzene rings is 1. The van der Waals surface area contributed by atoms with Gasteiger partial charge in [0.25, 0.3) is 5.91 Å². The molecule has 1 aromatic heterocycles. The smallest absolute Gasteiger partial charge is 0.272 e. The Balaban J connectivity index is 1.58. The summed E-state index contributed by atoms with van der Waals surface area (Å²) in [7, 11) is 1.56. The summed E-state index contributed by atoms with van der Waals surface area (Å²) in [6, 6.07) is 7.73. The van der Waals surface area contributed by atoms with E-state index >= 15 is 0 Å². The number of fused-ring (bicyclic) bond motifs is 1. The molecule has 2 fully saturated rings. The van der Waals surface area contributed by atoms with E-state index in [1.54, 1.807) is 30.3 Å². The van der Waals surface area contributed by atoms with Gasteiger partial charge in [0.1, 0.15) is 17.8 Å². The first-order valence-electron chi connectivity index (χ1n) is 9.67. The molecule has 0 radical (unpaired) electrons. The van der Waals surface area contributed by atoms with Gasteiger partial charge in [-0.1, -0.05) is 12.1 Å². The quantitative estimate of drug-likeness (QED) is 0.769. The molecule has 8 heteroatoms. The van der Waals surface area contributed by atoms with Crippen LogP contribution in [0.3, 0.4) is 0 Å². The third kappa shape index (κ3) is 3.85. The van der Waals surface area contributed by atoms with Crippen molar-refractivity contribution in [2.75, 3.05) is 33.4 Å². The standard InChI is InChI=1S/C21H23FN4O3/c1-29-8-6-19(27)26-11-15-10-25(21(28)18-5-7-23-13-24-18)12-17(15)20(26)14-3-2-4-16(22)9-14/h2-5,7,9,13,15,17,20H,6,8,10-12H2,1H3/t15-,17-,20-/m0/s1. The maximum atomic E-state index is 13.9. The van der Waals surface area contributed by atoms with Gasteiger partial charge >= 0.3 is 0 Å². The highest BCUT2D eigenvalue weighted by atomic mass is 19.1. The molecule has 0 saturated carbocycles. The molecule has 0 spiro atoms. The average Bonchev–Trinajstić information content (AvgIpc) is 3.30. The molecule has 0 N–H and O–H groups in total. The number of hydrogen-bond acceptors (Lipinski definition) is 5. The minimum atomic E-state index is -0.331. The van der Waals surface area contributed by atoms with Gasteiger partial charge in [-0.05, 0) is 23.8 Å². The number of aromatic nitrogens is 2. The zero-order chi connectivity index (χ0) is 20.4. The summed E-state index contributed by atoms with van der Waals surface area (Å²) in [5.41, 5.74) is 1.12. The van der Waals surface area contributed by atoms with Crippen LogP contribution in [0, 0.1) is 17.7 Å². The molecule has 29 heavy (non-hydrogen) atoms. The van der Waals surface area contributed by atoms with Crippen LogP contribution in [0.2, 0.25) is 0 Å². The lowest BCUT2D eigenvalue weighted by atomic mass is 9.89. The van der Waals surface area contributed by atoms with E-state index in [0.29, 0.717) is 31.9 Å². The zero-order valence-corrected chi connectivity index (χ0v) is 16.2. The van der Waals surface area contributed by atoms with E-state index in [1.807, 2.05) is 11.0 Å². The lowest BCUT2D eigenvalue weighted by Crippen LogP contribution is -2.38. The Morgan fingerprint density at radius 2 is 2.10 bits per heavy atom. The molecule has 2 saturated heterocycles. The van der Waals surface area contributed by atoms with E-state index in [-0.39, 0.29) is 41.9 Å². The molecule has 2 aromatic rings. The lowest BCUT2D eigenvalue weighted by Gasteiger charge is -2.30. The second-order valence-corrected chi connectivity index (χ2v) is 7.52. The first-order valence-corrected chi connectivity index (χ1v) is 9.67. The fourth-order valence-electron chi connectivity index (χ4n) is 4.50. The Morgan fingerprint density at radius 3 is 2.83 bits per heavy atom. The van der Waals surface area contributed by atoms with Gasteiger partial charge in [0.15, 0.2) is 0 Å². The van der Waals surface area contributed by atoms with Crippen LogP contribution in [0.5, 0.6) is 0 Å². The molecule has 152 valence electrons. The highest BCUT2D eigenvalue weighted by molar-refractivity contribution is 5.92. The molecular formula is C21H23FN4O3. The second kappa shape index (κ2) is 8.24. The van der Waals surface area contributed by atoms with E-state index in [2.05, 4.69) is 9.97 Å². The Hall–Kier alpha value is -2.87. The first kappa shape index (κ1) is 19.4. The molecule has 3 atom stereocenters. The molecule has 3 heterocycles. The molecule has 2 aliphatic heterocycles. The number of rotatable bonds is 5. The third-order valence-electron chi connectivity index (χ3n) is 5.78. The molecule has 1 aromatic carbocycles. The molecule has 0 unspecified atom stereocenters. The van der Waals surface area contributed by atoms with Crippen molar-refractivity contribution in [1.82, 2.24) is 19.8 Å². The van der Waals surface area contributed by atoms with Gasteiger partial charge in [0.05, 0.1) is 19.1 Å². The van der Waals surface area contributed by atoms with Gasteiger partial charge in [0.2, 0.25) is 5.91 Å². The number of carbonyl (C=O) groups excluding carboxylic acids is 2. The Labute approximate surface area is 168 Å². The third-order valence-corrected chi connectivity index (χ3v) is 5.78. The molecule has 2 amide bonds. The van der Waals surface area contributed by atoms with Gasteiger partial charge in [-0.25, -0.2) is 14.4 Å². The van der Waals surface area contributed by atoms with Crippen LogP contribution in [0.25, 0.3) is 0 Å². The lowest BCUT2D eigenvalue weighted by molar-refractivity contribution is -0.133. The van der Waals surface area contributed by atoms with E-state index in [1.165, 1.54) is 18.5 Å². The minimum Gasteiger partial charge on any atom is -0.384 e. The van der Waals surface area contributed by atoms with Crippen molar-refractivity contribution in [2.24, 2.45) is 11.8 Å². The highest BCUT2D eigenvalue weighted by Crippen LogP contribution is 2.45. The molecule has 0 bridgehead atoms. The number of halogens is 1. The second-order valence-electron chi connectivity index (χ2n) is 7.52. The van der Waals surface area contributed by atoms with Gasteiger partial charge in [-0.3, -0.25) is 9.59 Å². The Bertz CT molecular complexity index is 895. The largest absolute Gasteiger partial charge is 0.384 e. The van der Waals surface area contributed by atoms with Gasteiger partial charge in [-0.2, -0.15) is 0 Å². The van der Waals surface area contributed by atoms with Crippen LogP contribution in [0.1, 0.15) is 28.5 Å². The van der Waals surface area contributed by atoms with E-state index in [0.717, 1.165) is 5.56 Å². The van der Waals surface area contributed by atoms with Crippen molar-refractivity contribution in [3.63, 3.8) is 0 Å². The zero-order valence-electron chi connectivity index (χ0n) is 16.2. The fraction of sp³-hybridized carbons (Fsp3) is 0.429. The SMILES string of the molecule is COCCC(=O)N1C[C@@H]2CN(C(=O)c3ccncn3)C[C@@H]2[C@@H]1c1cccc(F)c1. The summed E-state index contributed by atoms with van der Waals surface area (Å²) in [4.78, 5) is 37.1. The molecule has 2 aliphatic rings. The maximum absolute atomic E-state index is 13.9. The van der Waals surface area contributed by atoms with Crippen molar-refractivity contribution in [1.29, 1.82) is 0 Å².